The molecule has 0 spiro atoms. The number of hydrogen-bond donors (Lipinski definition) is 1. The summed E-state index contributed by atoms with van der Waals surface area (Å²) in [6.07, 6.45) is 0.413. The lowest BCUT2D eigenvalue weighted by Gasteiger charge is -2.18. The third kappa shape index (κ3) is 2.40. The minimum absolute atomic E-state index is 0.0335. The van der Waals surface area contributed by atoms with Crippen LogP contribution in [0.1, 0.15) is 13.3 Å². The van der Waals surface area contributed by atoms with Crippen LogP contribution in [-0.4, -0.2) is 37.1 Å². The molecule has 0 aliphatic carbocycles. The summed E-state index contributed by atoms with van der Waals surface area (Å²) in [7, 11) is -0.384. The molecule has 0 aromatic rings. The number of sulfonamides is 1. The van der Waals surface area contributed by atoms with E-state index in [4.69, 9.17) is 5.73 Å². The second-order valence-corrected chi connectivity index (χ2v) is 5.43. The van der Waals surface area contributed by atoms with E-state index in [1.807, 2.05) is 0 Å². The maximum Gasteiger partial charge on any atom is 0.222 e. The molecule has 0 saturated carbocycles. The van der Waals surface area contributed by atoms with Crippen molar-refractivity contribution in [1.29, 1.82) is 0 Å². The molecule has 0 saturated heterocycles. The normalized spacial score (nSPS) is 14.7. The van der Waals surface area contributed by atoms with Crippen LogP contribution in [-0.2, 0) is 10.0 Å². The lowest BCUT2D eigenvalue weighted by molar-refractivity contribution is 0.514. The first-order valence-electron chi connectivity index (χ1n) is 3.54. The quantitative estimate of drug-likeness (QED) is 0.660. The first-order valence-corrected chi connectivity index (χ1v) is 5.45. The summed E-state index contributed by atoms with van der Waals surface area (Å²) in [6.45, 7) is 1.74. The van der Waals surface area contributed by atoms with Gasteiger partial charge in [-0.15, -0.1) is 0 Å². The van der Waals surface area contributed by atoms with E-state index in [9.17, 15) is 8.42 Å². The zero-order chi connectivity index (χ0) is 9.94. The zero-order valence-electron chi connectivity index (χ0n) is 7.44. The van der Waals surface area contributed by atoms with Gasteiger partial charge >= 0.3 is 0 Å². The SMILES string of the molecule is CCC(C(N)=S)S(=O)(=O)N(C)C. The Morgan fingerprint density at radius 1 is 1.58 bits per heavy atom. The van der Waals surface area contributed by atoms with Gasteiger partial charge in [0, 0.05) is 14.1 Å². The highest BCUT2D eigenvalue weighted by Crippen LogP contribution is 2.09. The van der Waals surface area contributed by atoms with Crippen LogP contribution in [0.2, 0.25) is 0 Å². The molecular weight excluding hydrogens is 196 g/mol. The molecule has 0 heterocycles. The number of thiocarbonyl (C=S) groups is 1. The van der Waals surface area contributed by atoms with Crippen LogP contribution in [0.25, 0.3) is 0 Å². The molecule has 0 amide bonds. The molecule has 2 N–H and O–H groups in total. The average Bonchev–Trinajstić information content (AvgIpc) is 1.86. The topological polar surface area (TPSA) is 63.4 Å². The maximum atomic E-state index is 11.5. The van der Waals surface area contributed by atoms with Crippen molar-refractivity contribution >= 4 is 27.2 Å². The van der Waals surface area contributed by atoms with Crippen molar-refractivity contribution in [1.82, 2.24) is 4.31 Å². The lowest BCUT2D eigenvalue weighted by atomic mass is 10.3. The third-order valence-electron chi connectivity index (χ3n) is 1.56. The molecule has 0 radical (unpaired) electrons. The largest absolute Gasteiger partial charge is 0.392 e. The predicted molar refractivity (Wildman–Crippen MR) is 53.5 cm³/mol. The van der Waals surface area contributed by atoms with Gasteiger partial charge in [0.15, 0.2) is 0 Å². The highest BCUT2D eigenvalue weighted by molar-refractivity contribution is 7.92. The second kappa shape index (κ2) is 4.15. The number of nitrogens with two attached hydrogens (primary N) is 1. The van der Waals surface area contributed by atoms with Gasteiger partial charge in [-0.3, -0.25) is 0 Å². The molecule has 6 heteroatoms. The molecule has 72 valence electrons. The van der Waals surface area contributed by atoms with Crippen LogP contribution in [0.15, 0.2) is 0 Å². The first kappa shape index (κ1) is 11.8. The van der Waals surface area contributed by atoms with Gasteiger partial charge in [-0.1, -0.05) is 19.1 Å². The summed E-state index contributed by atoms with van der Waals surface area (Å²) in [6, 6.07) is 0. The molecule has 4 nitrogen and oxygen atoms in total. The van der Waals surface area contributed by atoms with Gasteiger partial charge in [0.05, 0.1) is 4.99 Å². The summed E-state index contributed by atoms with van der Waals surface area (Å²) in [5, 5.41) is -0.734. The van der Waals surface area contributed by atoms with Crippen LogP contribution in [0.3, 0.4) is 0 Å². The Morgan fingerprint density at radius 3 is 2.08 bits per heavy atom. The van der Waals surface area contributed by atoms with E-state index in [2.05, 4.69) is 12.2 Å². The van der Waals surface area contributed by atoms with Gasteiger partial charge in [-0.05, 0) is 6.42 Å². The Morgan fingerprint density at radius 2 is 2.00 bits per heavy atom. The van der Waals surface area contributed by atoms with E-state index >= 15 is 0 Å². The summed E-state index contributed by atoms with van der Waals surface area (Å²) in [5.41, 5.74) is 5.30. The average molecular weight is 210 g/mol. The highest BCUT2D eigenvalue weighted by atomic mass is 32.2. The number of hydrogen-bond acceptors (Lipinski definition) is 3. The predicted octanol–water partition coefficient (Wildman–Crippen LogP) is -0.0575. The minimum atomic E-state index is -3.32. The van der Waals surface area contributed by atoms with Crippen LogP contribution in [0, 0.1) is 0 Å². The Labute approximate surface area is 78.8 Å². The molecule has 12 heavy (non-hydrogen) atoms. The Hall–Kier alpha value is -0.200. The van der Waals surface area contributed by atoms with Crippen molar-refractivity contribution in [2.45, 2.75) is 18.6 Å². The van der Waals surface area contributed by atoms with Gasteiger partial charge in [0.2, 0.25) is 10.0 Å². The standard InChI is InChI=1S/C6H14N2O2S2/c1-4-5(6(7)11)12(9,10)8(2)3/h5H,4H2,1-3H3,(H2,7,11). The van der Waals surface area contributed by atoms with Crippen molar-refractivity contribution in [2.75, 3.05) is 14.1 Å². The van der Waals surface area contributed by atoms with Gasteiger partial charge in [0.25, 0.3) is 0 Å². The van der Waals surface area contributed by atoms with Crippen molar-refractivity contribution in [3.05, 3.63) is 0 Å². The molecule has 0 rings (SSSR count). The monoisotopic (exact) mass is 210 g/mol. The van der Waals surface area contributed by atoms with Gasteiger partial charge in [-0.2, -0.15) is 0 Å². The van der Waals surface area contributed by atoms with E-state index in [0.717, 1.165) is 4.31 Å². The first-order chi connectivity index (χ1) is 5.34. The van der Waals surface area contributed by atoms with Gasteiger partial charge in [0.1, 0.15) is 5.25 Å². The summed E-state index contributed by atoms with van der Waals surface area (Å²) < 4.78 is 24.1. The fraction of sp³-hybridized carbons (Fsp3) is 0.833. The molecule has 0 aliphatic heterocycles. The summed E-state index contributed by atoms with van der Waals surface area (Å²) >= 11 is 4.66. The smallest absolute Gasteiger partial charge is 0.222 e. The van der Waals surface area contributed by atoms with Crippen molar-refractivity contribution < 1.29 is 8.42 Å². The van der Waals surface area contributed by atoms with Crippen molar-refractivity contribution in [3.63, 3.8) is 0 Å². The fourth-order valence-corrected chi connectivity index (χ4v) is 2.57. The van der Waals surface area contributed by atoms with Crippen molar-refractivity contribution in [3.8, 4) is 0 Å². The van der Waals surface area contributed by atoms with E-state index in [1.54, 1.807) is 6.92 Å². The Balaban J connectivity index is 4.87. The molecule has 0 aliphatic rings. The molecular formula is C6H14N2O2S2. The van der Waals surface area contributed by atoms with Crippen LogP contribution >= 0.6 is 12.2 Å². The van der Waals surface area contributed by atoms with Gasteiger partial charge in [-0.25, -0.2) is 12.7 Å². The van der Waals surface area contributed by atoms with Crippen LogP contribution in [0.4, 0.5) is 0 Å². The van der Waals surface area contributed by atoms with Crippen LogP contribution < -0.4 is 5.73 Å². The fourth-order valence-electron chi connectivity index (χ4n) is 0.813. The molecule has 0 fully saturated rings. The summed E-state index contributed by atoms with van der Waals surface area (Å²) in [5.74, 6) is 0. The maximum absolute atomic E-state index is 11.5. The Bertz CT molecular complexity index is 259. The van der Waals surface area contributed by atoms with Crippen LogP contribution in [0.5, 0.6) is 0 Å². The van der Waals surface area contributed by atoms with E-state index in [1.165, 1.54) is 14.1 Å². The zero-order valence-corrected chi connectivity index (χ0v) is 9.08. The van der Waals surface area contributed by atoms with E-state index in [-0.39, 0.29) is 4.99 Å². The molecule has 1 atom stereocenters. The number of nitrogens with zero attached hydrogens (tertiary/aromatic N) is 1. The molecule has 0 aromatic carbocycles. The highest BCUT2D eigenvalue weighted by Gasteiger charge is 2.28. The van der Waals surface area contributed by atoms with Gasteiger partial charge < -0.3 is 5.73 Å². The Kier molecular flexibility index (Phi) is 4.09. The molecule has 1 unspecified atom stereocenters. The molecule has 0 bridgehead atoms. The summed E-state index contributed by atoms with van der Waals surface area (Å²) in [4.78, 5) is 0.0335. The lowest BCUT2D eigenvalue weighted by Crippen LogP contribution is -2.40. The molecule has 0 aromatic heterocycles. The second-order valence-electron chi connectivity index (χ2n) is 2.63. The van der Waals surface area contributed by atoms with E-state index in [0.29, 0.717) is 6.42 Å². The van der Waals surface area contributed by atoms with Crippen molar-refractivity contribution in [2.24, 2.45) is 5.73 Å². The number of rotatable bonds is 4. The third-order valence-corrected chi connectivity index (χ3v) is 4.31. The minimum Gasteiger partial charge on any atom is -0.392 e. The van der Waals surface area contributed by atoms with E-state index < -0.39 is 15.3 Å².